The molecule has 4 rings (SSSR count). The van der Waals surface area contributed by atoms with Crippen molar-refractivity contribution in [1.82, 2.24) is 14.5 Å². The van der Waals surface area contributed by atoms with Gasteiger partial charge in [0.2, 0.25) is 5.95 Å². The molecule has 0 saturated heterocycles. The Morgan fingerprint density at radius 2 is 1.61 bits per heavy atom. The van der Waals surface area contributed by atoms with E-state index in [4.69, 9.17) is 10.5 Å². The highest BCUT2D eigenvalue weighted by atomic mass is 16.6. The van der Waals surface area contributed by atoms with Gasteiger partial charge < -0.3 is 15.4 Å². The molecule has 1 atom stereocenters. The van der Waals surface area contributed by atoms with Crippen molar-refractivity contribution in [3.63, 3.8) is 0 Å². The minimum Gasteiger partial charge on any atom is -0.444 e. The number of carbonyl (C=O) groups is 1. The predicted molar refractivity (Wildman–Crippen MR) is 128 cm³/mol. The van der Waals surface area contributed by atoms with Crippen LogP contribution in [0.3, 0.4) is 0 Å². The molecule has 1 aromatic heterocycles. The van der Waals surface area contributed by atoms with Crippen molar-refractivity contribution in [3.8, 4) is 0 Å². The van der Waals surface area contributed by atoms with Gasteiger partial charge in [0.15, 0.2) is 0 Å². The summed E-state index contributed by atoms with van der Waals surface area (Å²) in [7, 11) is 0. The Labute approximate surface area is 193 Å². The second kappa shape index (κ2) is 8.73. The lowest BCUT2D eigenvalue weighted by Crippen LogP contribution is -2.48. The van der Waals surface area contributed by atoms with Crippen molar-refractivity contribution in [2.45, 2.75) is 58.3 Å². The number of hydrogen-bond donors (Lipinski definition) is 1. The summed E-state index contributed by atoms with van der Waals surface area (Å²) in [4.78, 5) is 32.9. The molecule has 2 N–H and O–H groups in total. The minimum absolute atomic E-state index is 0.133. The molecule has 0 bridgehead atoms. The van der Waals surface area contributed by atoms with E-state index in [0.29, 0.717) is 17.7 Å². The standard InChI is InChI=1S/C26H30N4O3/c1-17-15-21-20(16-29(17)25(32)33-26(2,3)4)23(31)30(24(27)28-21)22(18-11-7-5-8-12-18)19-13-9-6-10-14-19/h5-14,17,22H,15-16H2,1-4H3,(H2,27,28). The highest BCUT2D eigenvalue weighted by Gasteiger charge is 2.34. The zero-order valence-electron chi connectivity index (χ0n) is 19.5. The van der Waals surface area contributed by atoms with Crippen LogP contribution in [-0.2, 0) is 17.7 Å². The molecule has 7 heteroatoms. The summed E-state index contributed by atoms with van der Waals surface area (Å²) in [5, 5.41) is 0. The number of nitrogens with two attached hydrogens (primary N) is 1. The fraction of sp³-hybridized carbons (Fsp3) is 0.346. The number of amides is 1. The molecule has 33 heavy (non-hydrogen) atoms. The minimum atomic E-state index is -0.623. The van der Waals surface area contributed by atoms with Crippen LogP contribution in [0, 0.1) is 0 Å². The highest BCUT2D eigenvalue weighted by Crippen LogP contribution is 2.29. The van der Waals surface area contributed by atoms with Crippen molar-refractivity contribution in [3.05, 3.63) is 93.4 Å². The predicted octanol–water partition coefficient (Wildman–Crippen LogP) is 4.14. The Balaban J connectivity index is 1.82. The number of nitrogens with zero attached hydrogens (tertiary/aromatic N) is 3. The van der Waals surface area contributed by atoms with Gasteiger partial charge in [0.1, 0.15) is 5.60 Å². The van der Waals surface area contributed by atoms with Crippen LogP contribution < -0.4 is 11.3 Å². The fourth-order valence-corrected chi connectivity index (χ4v) is 4.25. The SMILES string of the molecule is CC1Cc2nc(N)n(C(c3ccccc3)c3ccccc3)c(=O)c2CN1C(=O)OC(C)(C)C. The number of anilines is 1. The van der Waals surface area contributed by atoms with Crippen molar-refractivity contribution < 1.29 is 9.53 Å². The summed E-state index contributed by atoms with van der Waals surface area (Å²) >= 11 is 0. The fourth-order valence-electron chi connectivity index (χ4n) is 4.25. The molecule has 0 radical (unpaired) electrons. The van der Waals surface area contributed by atoms with Crippen LogP contribution >= 0.6 is 0 Å². The van der Waals surface area contributed by atoms with Crippen molar-refractivity contribution in [2.24, 2.45) is 0 Å². The monoisotopic (exact) mass is 446 g/mol. The normalized spacial score (nSPS) is 15.9. The van der Waals surface area contributed by atoms with Gasteiger partial charge in [-0.1, -0.05) is 60.7 Å². The molecule has 1 amide bonds. The zero-order valence-corrected chi connectivity index (χ0v) is 19.5. The van der Waals surface area contributed by atoms with Crippen LogP contribution in [0.5, 0.6) is 0 Å². The summed E-state index contributed by atoms with van der Waals surface area (Å²) < 4.78 is 7.11. The lowest BCUT2D eigenvalue weighted by molar-refractivity contribution is 0.0134. The van der Waals surface area contributed by atoms with Crippen LogP contribution in [0.4, 0.5) is 10.7 Å². The molecule has 172 valence electrons. The lowest BCUT2D eigenvalue weighted by Gasteiger charge is -2.36. The van der Waals surface area contributed by atoms with E-state index < -0.39 is 17.7 Å². The van der Waals surface area contributed by atoms with E-state index in [1.54, 1.807) is 4.90 Å². The maximum absolute atomic E-state index is 13.8. The van der Waals surface area contributed by atoms with Crippen molar-refractivity contribution in [1.29, 1.82) is 0 Å². The number of nitrogen functional groups attached to an aromatic ring is 1. The zero-order chi connectivity index (χ0) is 23.8. The topological polar surface area (TPSA) is 90.5 Å². The molecule has 0 aliphatic carbocycles. The van der Waals surface area contributed by atoms with Crippen LogP contribution in [0.2, 0.25) is 0 Å². The molecule has 0 saturated carbocycles. The van der Waals surface area contributed by atoms with E-state index >= 15 is 0 Å². The molecular formula is C26H30N4O3. The maximum atomic E-state index is 13.8. The van der Waals surface area contributed by atoms with Gasteiger partial charge in [-0.05, 0) is 38.8 Å². The smallest absolute Gasteiger partial charge is 0.410 e. The van der Waals surface area contributed by atoms with E-state index in [0.717, 1.165) is 11.1 Å². The van der Waals surface area contributed by atoms with Gasteiger partial charge in [-0.15, -0.1) is 0 Å². The maximum Gasteiger partial charge on any atom is 0.410 e. The largest absolute Gasteiger partial charge is 0.444 e. The Hall–Kier alpha value is -3.61. The number of carbonyl (C=O) groups excluding carboxylic acids is 1. The number of rotatable bonds is 3. The van der Waals surface area contributed by atoms with Gasteiger partial charge in [-0.3, -0.25) is 9.36 Å². The van der Waals surface area contributed by atoms with Crippen molar-refractivity contribution in [2.75, 3.05) is 5.73 Å². The van der Waals surface area contributed by atoms with Gasteiger partial charge in [0.25, 0.3) is 5.56 Å². The van der Waals surface area contributed by atoms with Gasteiger partial charge >= 0.3 is 6.09 Å². The third-order valence-electron chi connectivity index (χ3n) is 5.79. The summed E-state index contributed by atoms with van der Waals surface area (Å²) in [6, 6.07) is 18.9. The Morgan fingerprint density at radius 3 is 2.12 bits per heavy atom. The lowest BCUT2D eigenvalue weighted by atomic mass is 9.97. The molecule has 1 aliphatic rings. The van der Waals surface area contributed by atoms with E-state index in [1.807, 2.05) is 88.4 Å². The summed E-state index contributed by atoms with van der Waals surface area (Å²) in [5.41, 5.74) is 8.49. The van der Waals surface area contributed by atoms with E-state index in [9.17, 15) is 9.59 Å². The number of fused-ring (bicyclic) bond motifs is 1. The second-order valence-electron chi connectivity index (χ2n) is 9.46. The average molecular weight is 447 g/mol. The summed E-state index contributed by atoms with van der Waals surface area (Å²) in [6.45, 7) is 7.54. The molecule has 0 fully saturated rings. The molecule has 2 aromatic carbocycles. The van der Waals surface area contributed by atoms with Gasteiger partial charge in [-0.25, -0.2) is 9.78 Å². The summed E-state index contributed by atoms with van der Waals surface area (Å²) in [5.74, 6) is 0.161. The number of benzene rings is 2. The van der Waals surface area contributed by atoms with E-state index in [1.165, 1.54) is 4.57 Å². The first-order valence-corrected chi connectivity index (χ1v) is 11.1. The number of aromatic nitrogens is 2. The third-order valence-corrected chi connectivity index (χ3v) is 5.79. The van der Waals surface area contributed by atoms with Gasteiger partial charge in [0, 0.05) is 12.5 Å². The molecule has 1 aliphatic heterocycles. The number of hydrogen-bond acceptors (Lipinski definition) is 5. The first kappa shape index (κ1) is 22.6. The van der Waals surface area contributed by atoms with E-state index in [-0.39, 0.29) is 24.1 Å². The molecular weight excluding hydrogens is 416 g/mol. The van der Waals surface area contributed by atoms with Crippen LogP contribution in [0.25, 0.3) is 0 Å². The molecule has 3 aromatic rings. The van der Waals surface area contributed by atoms with E-state index in [2.05, 4.69) is 4.98 Å². The highest BCUT2D eigenvalue weighted by molar-refractivity contribution is 5.69. The third kappa shape index (κ3) is 4.62. The Kier molecular flexibility index (Phi) is 5.97. The van der Waals surface area contributed by atoms with Gasteiger partial charge in [-0.2, -0.15) is 0 Å². The second-order valence-corrected chi connectivity index (χ2v) is 9.46. The molecule has 2 heterocycles. The van der Waals surface area contributed by atoms with Crippen LogP contribution in [0.1, 0.15) is 56.1 Å². The molecule has 7 nitrogen and oxygen atoms in total. The van der Waals surface area contributed by atoms with Crippen LogP contribution in [-0.4, -0.2) is 32.2 Å². The molecule has 1 unspecified atom stereocenters. The van der Waals surface area contributed by atoms with Crippen molar-refractivity contribution >= 4 is 12.0 Å². The molecule has 0 spiro atoms. The first-order valence-electron chi connectivity index (χ1n) is 11.1. The quantitative estimate of drug-likeness (QED) is 0.653. The number of ether oxygens (including phenoxy) is 1. The van der Waals surface area contributed by atoms with Crippen LogP contribution in [0.15, 0.2) is 65.5 Å². The first-order chi connectivity index (χ1) is 15.7. The summed E-state index contributed by atoms with van der Waals surface area (Å²) in [6.07, 6.45) is 0.00187. The Bertz CT molecular complexity index is 1160. The average Bonchev–Trinajstić information content (AvgIpc) is 2.76. The Morgan fingerprint density at radius 1 is 1.06 bits per heavy atom. The van der Waals surface area contributed by atoms with Gasteiger partial charge in [0.05, 0.1) is 23.8 Å².